The molecule has 0 amide bonds. The maximum atomic E-state index is 12.6. The Morgan fingerprint density at radius 1 is 1.62 bits per heavy atom. The average Bonchev–Trinajstić information content (AvgIpc) is 2.24. The van der Waals surface area contributed by atoms with Crippen molar-refractivity contribution in [3.8, 4) is 0 Å². The second-order valence-electron chi connectivity index (χ2n) is 2.96. The normalized spacial score (nSPS) is 36.4. The van der Waals surface area contributed by atoms with Gasteiger partial charge in [0.1, 0.15) is 0 Å². The fourth-order valence-electron chi connectivity index (χ4n) is 1.19. The molecule has 0 aromatic heterocycles. The summed E-state index contributed by atoms with van der Waals surface area (Å²) in [7, 11) is -3.84. The van der Waals surface area contributed by atoms with Crippen LogP contribution in [0.1, 0.15) is 11.9 Å². The van der Waals surface area contributed by atoms with Gasteiger partial charge in [-0.3, -0.25) is 9.82 Å². The van der Waals surface area contributed by atoms with Crippen molar-refractivity contribution in [1.82, 2.24) is 9.76 Å². The zero-order valence-electron chi connectivity index (χ0n) is 12.2. The SMILES string of the molecule is [2H]C([2H])(Cl)CN(CC([2H])([2H])Cl)P1(=O)NC(OO)CCO1. The molecule has 0 radical (unpaired) electrons. The molecule has 1 rings (SSSR count). The summed E-state index contributed by atoms with van der Waals surface area (Å²) in [5.74, 6) is -4.53. The molecule has 96 valence electrons. The van der Waals surface area contributed by atoms with E-state index in [1.165, 1.54) is 0 Å². The molecule has 0 aromatic rings. The zero-order chi connectivity index (χ0) is 15.6. The average molecular weight is 297 g/mol. The summed E-state index contributed by atoms with van der Waals surface area (Å²) in [5.41, 5.74) is 0. The van der Waals surface area contributed by atoms with Crippen molar-refractivity contribution in [2.45, 2.75) is 12.6 Å². The molecule has 1 saturated heterocycles. The molecule has 6 nitrogen and oxygen atoms in total. The molecular weight excluding hydrogens is 278 g/mol. The van der Waals surface area contributed by atoms with E-state index in [1.54, 1.807) is 0 Å². The van der Waals surface area contributed by atoms with Crippen molar-refractivity contribution >= 4 is 30.9 Å². The first-order valence-corrected chi connectivity index (χ1v) is 6.74. The molecule has 9 heteroatoms. The first-order chi connectivity index (χ1) is 8.95. The van der Waals surface area contributed by atoms with Crippen LogP contribution in [0, 0.1) is 0 Å². The number of nitrogens with zero attached hydrogens (tertiary/aromatic N) is 1. The second kappa shape index (κ2) is 7.13. The maximum absolute atomic E-state index is 12.6. The third kappa shape index (κ3) is 3.82. The molecule has 0 aromatic carbocycles. The van der Waals surface area contributed by atoms with Crippen LogP contribution in [0.2, 0.25) is 0 Å². The van der Waals surface area contributed by atoms with Gasteiger partial charge in [0.05, 0.1) is 6.61 Å². The van der Waals surface area contributed by atoms with Gasteiger partial charge in [0.25, 0.3) is 0 Å². The van der Waals surface area contributed by atoms with Crippen LogP contribution in [0.15, 0.2) is 0 Å². The van der Waals surface area contributed by atoms with E-state index in [0.717, 1.165) is 4.67 Å². The fourth-order valence-corrected chi connectivity index (χ4v) is 3.45. The maximum Gasteiger partial charge on any atom is 0.345 e. The number of rotatable bonds is 6. The molecule has 0 spiro atoms. The van der Waals surface area contributed by atoms with Crippen LogP contribution in [0.3, 0.4) is 0 Å². The predicted octanol–water partition coefficient (Wildman–Crippen LogP) is 1.70. The van der Waals surface area contributed by atoms with Crippen LogP contribution in [0.25, 0.3) is 0 Å². The minimum absolute atomic E-state index is 0.0252. The molecule has 1 heterocycles. The van der Waals surface area contributed by atoms with Crippen molar-refractivity contribution < 1.29 is 24.7 Å². The third-order valence-electron chi connectivity index (χ3n) is 1.94. The molecule has 0 aliphatic carbocycles. The van der Waals surface area contributed by atoms with Crippen molar-refractivity contribution in [3.63, 3.8) is 0 Å². The Kier molecular flexibility index (Phi) is 4.25. The molecule has 16 heavy (non-hydrogen) atoms. The lowest BCUT2D eigenvalue weighted by Gasteiger charge is -2.35. The lowest BCUT2D eigenvalue weighted by Crippen LogP contribution is -2.42. The Labute approximate surface area is 110 Å². The highest BCUT2D eigenvalue weighted by molar-refractivity contribution is 7.54. The number of halogens is 2. The quantitative estimate of drug-likeness (QED) is 0.336. The molecule has 1 aliphatic rings. The molecule has 1 aliphatic heterocycles. The third-order valence-corrected chi connectivity index (χ3v) is 4.35. The van der Waals surface area contributed by atoms with Crippen molar-refractivity contribution in [2.75, 3.05) is 31.4 Å². The molecular formula is C7H15Cl2N2O4P. The standard InChI is InChI=1S/C7H15Cl2N2O4P/c8-2-4-11(5-3-9)16(13)10-7(15-12)1-6-14-16/h7,12H,1-6H2,(H,10,13)/i2D2,3D2. The van der Waals surface area contributed by atoms with Gasteiger partial charge in [-0.2, -0.15) is 0 Å². The van der Waals surface area contributed by atoms with Gasteiger partial charge in [-0.25, -0.2) is 14.6 Å². The summed E-state index contributed by atoms with van der Waals surface area (Å²) >= 11 is 10.9. The minimum Gasteiger partial charge on any atom is -0.306 e. The van der Waals surface area contributed by atoms with Gasteiger partial charge in [0, 0.05) is 36.7 Å². The van der Waals surface area contributed by atoms with Crippen LogP contribution in [-0.4, -0.2) is 47.5 Å². The van der Waals surface area contributed by atoms with E-state index in [0.29, 0.717) is 0 Å². The van der Waals surface area contributed by atoms with Crippen LogP contribution in [0.5, 0.6) is 0 Å². The van der Waals surface area contributed by atoms with E-state index < -0.39 is 38.7 Å². The summed E-state index contributed by atoms with van der Waals surface area (Å²) < 4.78 is 47.8. The Bertz CT molecular complexity index is 365. The number of nitrogens with one attached hydrogen (secondary N) is 1. The molecule has 2 unspecified atom stereocenters. The highest BCUT2D eigenvalue weighted by atomic mass is 35.5. The van der Waals surface area contributed by atoms with E-state index in [-0.39, 0.29) is 13.0 Å². The Morgan fingerprint density at radius 3 is 2.75 bits per heavy atom. The smallest absolute Gasteiger partial charge is 0.306 e. The molecule has 2 N–H and O–H groups in total. The lowest BCUT2D eigenvalue weighted by molar-refractivity contribution is -0.286. The van der Waals surface area contributed by atoms with Gasteiger partial charge in [0.2, 0.25) is 0 Å². The van der Waals surface area contributed by atoms with Gasteiger partial charge in [0.15, 0.2) is 6.23 Å². The van der Waals surface area contributed by atoms with E-state index in [1.807, 2.05) is 0 Å². The van der Waals surface area contributed by atoms with Gasteiger partial charge in [-0.1, -0.05) is 0 Å². The van der Waals surface area contributed by atoms with E-state index >= 15 is 0 Å². The summed E-state index contributed by atoms with van der Waals surface area (Å²) in [5, 5.41) is 11.0. The van der Waals surface area contributed by atoms with Crippen molar-refractivity contribution in [1.29, 1.82) is 0 Å². The van der Waals surface area contributed by atoms with Crippen molar-refractivity contribution in [2.24, 2.45) is 0 Å². The molecule has 1 fully saturated rings. The Morgan fingerprint density at radius 2 is 2.25 bits per heavy atom. The first kappa shape index (κ1) is 9.53. The molecule has 2 atom stereocenters. The van der Waals surface area contributed by atoms with E-state index in [4.69, 9.17) is 38.5 Å². The van der Waals surface area contributed by atoms with E-state index in [2.05, 4.69) is 9.97 Å². The highest BCUT2D eigenvalue weighted by Crippen LogP contribution is 2.49. The number of hydrogen-bond donors (Lipinski definition) is 2. The Hall–Kier alpha value is 0.610. The largest absolute Gasteiger partial charge is 0.345 e. The summed E-state index contributed by atoms with van der Waals surface area (Å²) in [6.45, 7) is -1.21. The fraction of sp³-hybridized carbons (Fsp3) is 1.00. The number of hydrogen-bond acceptors (Lipinski definition) is 4. The van der Waals surface area contributed by atoms with Crippen molar-refractivity contribution in [3.05, 3.63) is 0 Å². The minimum atomic E-state index is -3.84. The summed E-state index contributed by atoms with van der Waals surface area (Å²) in [4.78, 5) is 4.05. The van der Waals surface area contributed by atoms with Crippen LogP contribution in [-0.2, 0) is 14.0 Å². The predicted molar refractivity (Wildman–Crippen MR) is 61.8 cm³/mol. The van der Waals surface area contributed by atoms with Crippen LogP contribution >= 0.6 is 30.9 Å². The van der Waals surface area contributed by atoms with E-state index in [9.17, 15) is 4.57 Å². The Balaban J connectivity index is 2.93. The first-order valence-electron chi connectivity index (χ1n) is 6.41. The highest BCUT2D eigenvalue weighted by Gasteiger charge is 2.37. The van der Waals surface area contributed by atoms with Crippen LogP contribution < -0.4 is 5.09 Å². The van der Waals surface area contributed by atoms with Gasteiger partial charge >= 0.3 is 7.67 Å². The second-order valence-corrected chi connectivity index (χ2v) is 5.61. The summed E-state index contributed by atoms with van der Waals surface area (Å²) in [6, 6.07) is 0. The summed E-state index contributed by atoms with van der Waals surface area (Å²) in [6.07, 6.45) is -0.755. The molecule has 0 saturated carbocycles. The van der Waals surface area contributed by atoms with Gasteiger partial charge in [-0.05, 0) is 0 Å². The van der Waals surface area contributed by atoms with Gasteiger partial charge in [-0.15, -0.1) is 23.2 Å². The molecule has 0 bridgehead atoms. The number of alkyl halides is 2. The lowest BCUT2D eigenvalue weighted by atomic mass is 10.4. The zero-order valence-corrected chi connectivity index (χ0v) is 10.6. The van der Waals surface area contributed by atoms with Crippen LogP contribution in [0.4, 0.5) is 0 Å². The van der Waals surface area contributed by atoms with Gasteiger partial charge < -0.3 is 4.52 Å². The monoisotopic (exact) mass is 296 g/mol. The topological polar surface area (TPSA) is 71.0 Å².